The van der Waals surface area contributed by atoms with E-state index in [1.807, 2.05) is 12.1 Å². The van der Waals surface area contributed by atoms with Gasteiger partial charge in [0, 0.05) is 32.1 Å². The van der Waals surface area contributed by atoms with E-state index in [1.54, 1.807) is 0 Å². The minimum atomic E-state index is 0.0103. The van der Waals surface area contributed by atoms with Crippen LogP contribution >= 0.6 is 0 Å². The van der Waals surface area contributed by atoms with Crippen LogP contribution in [0, 0.1) is 5.92 Å². The summed E-state index contributed by atoms with van der Waals surface area (Å²) < 4.78 is 5.78. The summed E-state index contributed by atoms with van der Waals surface area (Å²) in [5, 5.41) is 9.73. The smallest absolute Gasteiger partial charge is 0.225 e. The number of nitrogens with one attached hydrogen (secondary N) is 3. The van der Waals surface area contributed by atoms with Crippen LogP contribution in [-0.2, 0) is 4.79 Å². The summed E-state index contributed by atoms with van der Waals surface area (Å²) in [7, 11) is 0. The zero-order chi connectivity index (χ0) is 14.5. The minimum absolute atomic E-state index is 0.0103. The lowest BCUT2D eigenvalue weighted by atomic mass is 9.88. The fraction of sp³-hybridized carbons (Fsp3) is 0.562. The van der Waals surface area contributed by atoms with Gasteiger partial charge in [0.15, 0.2) is 0 Å². The van der Waals surface area contributed by atoms with Gasteiger partial charge in [0.25, 0.3) is 0 Å². The van der Waals surface area contributed by atoms with Crippen molar-refractivity contribution in [3.63, 3.8) is 0 Å². The Morgan fingerprint density at radius 3 is 2.90 bits per heavy atom. The fourth-order valence-corrected chi connectivity index (χ4v) is 3.06. The van der Waals surface area contributed by atoms with Crippen LogP contribution in [0.3, 0.4) is 0 Å². The van der Waals surface area contributed by atoms with Gasteiger partial charge in [-0.25, -0.2) is 0 Å². The standard InChI is InChI=1S/C16H23N3O2/c20-16-15-11-18-10-14(15)12-3-1-4-13(9-12)21-8-7-17-5-2-6-19-16/h1,3-4,9,14-15,17-18H,2,5-8,10-11H2,(H,19,20)/t14-,15+/m1/s1. The van der Waals surface area contributed by atoms with Gasteiger partial charge >= 0.3 is 0 Å². The molecular weight excluding hydrogens is 266 g/mol. The minimum Gasteiger partial charge on any atom is -0.492 e. The molecule has 2 bridgehead atoms. The van der Waals surface area contributed by atoms with E-state index in [9.17, 15) is 4.79 Å². The molecule has 0 aliphatic carbocycles. The fourth-order valence-electron chi connectivity index (χ4n) is 3.06. The van der Waals surface area contributed by atoms with Crippen LogP contribution in [0.4, 0.5) is 0 Å². The monoisotopic (exact) mass is 289 g/mol. The summed E-state index contributed by atoms with van der Waals surface area (Å²) in [4.78, 5) is 12.4. The third-order valence-corrected chi connectivity index (χ3v) is 4.21. The van der Waals surface area contributed by atoms with Crippen LogP contribution in [0.5, 0.6) is 5.75 Å². The molecular formula is C16H23N3O2. The Labute approximate surface area is 125 Å². The van der Waals surface area contributed by atoms with Gasteiger partial charge in [0.05, 0.1) is 5.92 Å². The average molecular weight is 289 g/mol. The highest BCUT2D eigenvalue weighted by molar-refractivity contribution is 5.80. The van der Waals surface area contributed by atoms with Crippen LogP contribution < -0.4 is 20.7 Å². The van der Waals surface area contributed by atoms with E-state index in [0.29, 0.717) is 6.61 Å². The molecule has 1 fully saturated rings. The molecule has 0 aromatic heterocycles. The van der Waals surface area contributed by atoms with Gasteiger partial charge in [-0.2, -0.15) is 0 Å². The Morgan fingerprint density at radius 2 is 1.95 bits per heavy atom. The molecule has 5 nitrogen and oxygen atoms in total. The van der Waals surface area contributed by atoms with Crippen molar-refractivity contribution in [2.24, 2.45) is 5.92 Å². The molecule has 1 aromatic rings. The maximum atomic E-state index is 12.4. The van der Waals surface area contributed by atoms with Gasteiger partial charge in [-0.3, -0.25) is 4.79 Å². The van der Waals surface area contributed by atoms with E-state index in [2.05, 4.69) is 28.1 Å². The second kappa shape index (κ2) is 6.91. The summed E-state index contributed by atoms with van der Waals surface area (Å²) in [5.41, 5.74) is 1.18. The first-order valence-corrected chi connectivity index (χ1v) is 7.76. The van der Waals surface area contributed by atoms with Gasteiger partial charge in [0.2, 0.25) is 5.91 Å². The zero-order valence-corrected chi connectivity index (χ0v) is 12.2. The Hall–Kier alpha value is -1.59. The normalized spacial score (nSPS) is 27.1. The number of hydrogen-bond donors (Lipinski definition) is 3. The van der Waals surface area contributed by atoms with Gasteiger partial charge in [-0.1, -0.05) is 12.1 Å². The number of ether oxygens (including phenoxy) is 1. The van der Waals surface area contributed by atoms with E-state index in [0.717, 1.165) is 44.9 Å². The summed E-state index contributed by atoms with van der Waals surface area (Å²) >= 11 is 0. The molecule has 0 saturated carbocycles. The van der Waals surface area contributed by atoms with Crippen molar-refractivity contribution in [2.75, 3.05) is 39.3 Å². The summed E-state index contributed by atoms with van der Waals surface area (Å²) in [5.74, 6) is 1.29. The summed E-state index contributed by atoms with van der Waals surface area (Å²) in [6.07, 6.45) is 0.946. The van der Waals surface area contributed by atoms with Gasteiger partial charge in [0.1, 0.15) is 12.4 Å². The predicted molar refractivity (Wildman–Crippen MR) is 81.5 cm³/mol. The Kier molecular flexibility index (Phi) is 4.72. The number of amides is 1. The molecule has 0 unspecified atom stereocenters. The van der Waals surface area contributed by atoms with Crippen molar-refractivity contribution in [2.45, 2.75) is 12.3 Å². The van der Waals surface area contributed by atoms with Crippen molar-refractivity contribution >= 4 is 5.91 Å². The summed E-state index contributed by atoms with van der Waals surface area (Å²) in [6.45, 7) is 4.73. The molecule has 1 saturated heterocycles. The molecule has 3 rings (SSSR count). The molecule has 114 valence electrons. The molecule has 5 heteroatoms. The molecule has 1 amide bonds. The van der Waals surface area contributed by atoms with Gasteiger partial charge in [-0.05, 0) is 30.7 Å². The number of benzene rings is 1. The Morgan fingerprint density at radius 1 is 1.05 bits per heavy atom. The Balaban J connectivity index is 1.81. The largest absolute Gasteiger partial charge is 0.492 e. The quantitative estimate of drug-likeness (QED) is 0.650. The van der Waals surface area contributed by atoms with Crippen LogP contribution in [-0.4, -0.2) is 45.2 Å². The Bertz CT molecular complexity index is 492. The van der Waals surface area contributed by atoms with Crippen LogP contribution in [0.15, 0.2) is 24.3 Å². The molecule has 2 heterocycles. The van der Waals surface area contributed by atoms with Crippen LogP contribution in [0.1, 0.15) is 17.9 Å². The highest BCUT2D eigenvalue weighted by Crippen LogP contribution is 2.30. The van der Waals surface area contributed by atoms with Crippen molar-refractivity contribution in [1.29, 1.82) is 0 Å². The lowest BCUT2D eigenvalue weighted by Gasteiger charge is -2.20. The third-order valence-electron chi connectivity index (χ3n) is 4.21. The van der Waals surface area contributed by atoms with Crippen molar-refractivity contribution in [3.05, 3.63) is 29.8 Å². The van der Waals surface area contributed by atoms with E-state index >= 15 is 0 Å². The third kappa shape index (κ3) is 3.54. The highest BCUT2D eigenvalue weighted by Gasteiger charge is 2.33. The SMILES string of the molecule is O=C1NCCCNCCOc2cccc(c2)[C@H]2CNC[C@H]12. The molecule has 2 aliphatic rings. The number of carbonyl (C=O) groups excluding carboxylic acids is 1. The first-order valence-electron chi connectivity index (χ1n) is 7.76. The highest BCUT2D eigenvalue weighted by atomic mass is 16.5. The number of carbonyl (C=O) groups is 1. The topological polar surface area (TPSA) is 62.4 Å². The maximum absolute atomic E-state index is 12.4. The molecule has 3 N–H and O–H groups in total. The number of rotatable bonds is 0. The average Bonchev–Trinajstić information content (AvgIpc) is 2.99. The molecule has 2 aliphatic heterocycles. The maximum Gasteiger partial charge on any atom is 0.225 e. The number of fused-ring (bicyclic) bond motifs is 4. The second-order valence-electron chi connectivity index (χ2n) is 5.69. The van der Waals surface area contributed by atoms with Gasteiger partial charge < -0.3 is 20.7 Å². The van der Waals surface area contributed by atoms with Crippen LogP contribution in [0.25, 0.3) is 0 Å². The zero-order valence-electron chi connectivity index (χ0n) is 12.2. The molecule has 2 atom stereocenters. The summed E-state index contributed by atoms with van der Waals surface area (Å²) in [6, 6.07) is 8.16. The van der Waals surface area contributed by atoms with E-state index in [-0.39, 0.29) is 17.7 Å². The first kappa shape index (κ1) is 14.4. The molecule has 0 spiro atoms. The molecule has 21 heavy (non-hydrogen) atoms. The van der Waals surface area contributed by atoms with E-state index in [4.69, 9.17) is 4.74 Å². The lowest BCUT2D eigenvalue weighted by Crippen LogP contribution is -2.36. The van der Waals surface area contributed by atoms with Crippen molar-refractivity contribution in [1.82, 2.24) is 16.0 Å². The molecule has 0 radical (unpaired) electrons. The predicted octanol–water partition coefficient (Wildman–Crippen LogP) is 0.478. The number of hydrogen-bond acceptors (Lipinski definition) is 4. The molecule has 1 aromatic carbocycles. The van der Waals surface area contributed by atoms with Gasteiger partial charge in [-0.15, -0.1) is 0 Å². The van der Waals surface area contributed by atoms with E-state index < -0.39 is 0 Å². The van der Waals surface area contributed by atoms with E-state index in [1.165, 1.54) is 5.56 Å². The van der Waals surface area contributed by atoms with Crippen molar-refractivity contribution in [3.8, 4) is 5.75 Å². The first-order chi connectivity index (χ1) is 10.3. The van der Waals surface area contributed by atoms with Crippen molar-refractivity contribution < 1.29 is 9.53 Å². The second-order valence-corrected chi connectivity index (χ2v) is 5.69. The van der Waals surface area contributed by atoms with Crippen LogP contribution in [0.2, 0.25) is 0 Å². The lowest BCUT2D eigenvalue weighted by molar-refractivity contribution is -0.124.